The Morgan fingerprint density at radius 2 is 2.26 bits per heavy atom. The largest absolute Gasteiger partial charge is 0.372 e. The van der Waals surface area contributed by atoms with Gasteiger partial charge < -0.3 is 10.1 Å². The van der Waals surface area contributed by atoms with Crippen LogP contribution in [0.1, 0.15) is 31.5 Å². The van der Waals surface area contributed by atoms with E-state index in [2.05, 4.69) is 46.7 Å². The Hall–Kier alpha value is -0.0800. The van der Waals surface area contributed by atoms with Crippen LogP contribution < -0.4 is 5.32 Å². The van der Waals surface area contributed by atoms with Crippen LogP contribution >= 0.6 is 34.4 Å². The SMILES string of the molecule is CNc1nc(C2CSCCO2)nc(CC(C)C)c1I. The molecule has 1 fully saturated rings. The van der Waals surface area contributed by atoms with Crippen molar-refractivity contribution in [3.8, 4) is 0 Å². The average molecular weight is 393 g/mol. The number of nitrogens with one attached hydrogen (secondary N) is 1. The van der Waals surface area contributed by atoms with Crippen LogP contribution in [0.25, 0.3) is 0 Å². The second-order valence-corrected chi connectivity index (χ2v) is 7.20. The van der Waals surface area contributed by atoms with Gasteiger partial charge in [0.05, 0.1) is 15.9 Å². The monoisotopic (exact) mass is 393 g/mol. The molecule has 1 aromatic heterocycles. The molecule has 0 saturated carbocycles. The van der Waals surface area contributed by atoms with E-state index in [1.54, 1.807) is 0 Å². The Morgan fingerprint density at radius 1 is 1.47 bits per heavy atom. The molecule has 19 heavy (non-hydrogen) atoms. The fraction of sp³-hybridized carbons (Fsp3) is 0.692. The lowest BCUT2D eigenvalue weighted by atomic mass is 10.1. The maximum atomic E-state index is 5.79. The molecule has 2 heterocycles. The zero-order valence-corrected chi connectivity index (χ0v) is 14.5. The number of hydrogen-bond donors (Lipinski definition) is 1. The molecule has 1 aromatic rings. The lowest BCUT2D eigenvalue weighted by molar-refractivity contribution is 0.0693. The Kier molecular flexibility index (Phi) is 5.70. The van der Waals surface area contributed by atoms with E-state index in [1.165, 1.54) is 0 Å². The zero-order valence-electron chi connectivity index (χ0n) is 11.6. The average Bonchev–Trinajstić information content (AvgIpc) is 2.41. The Labute approximate surface area is 132 Å². The van der Waals surface area contributed by atoms with Crippen LogP contribution in [0.15, 0.2) is 0 Å². The normalized spacial score (nSPS) is 19.7. The van der Waals surface area contributed by atoms with Gasteiger partial charge in [0.25, 0.3) is 0 Å². The molecular weight excluding hydrogens is 373 g/mol. The number of hydrogen-bond acceptors (Lipinski definition) is 5. The number of aromatic nitrogens is 2. The highest BCUT2D eigenvalue weighted by Crippen LogP contribution is 2.28. The summed E-state index contributed by atoms with van der Waals surface area (Å²) in [7, 11) is 1.91. The van der Waals surface area contributed by atoms with Crippen LogP contribution in [0.4, 0.5) is 5.82 Å². The fourth-order valence-electron chi connectivity index (χ4n) is 1.98. The number of rotatable bonds is 4. The molecule has 1 unspecified atom stereocenters. The van der Waals surface area contributed by atoms with Gasteiger partial charge >= 0.3 is 0 Å². The first-order valence-corrected chi connectivity index (χ1v) is 8.78. The van der Waals surface area contributed by atoms with Gasteiger partial charge in [-0.1, -0.05) is 13.8 Å². The van der Waals surface area contributed by atoms with Crippen molar-refractivity contribution >= 4 is 40.2 Å². The maximum absolute atomic E-state index is 5.79. The van der Waals surface area contributed by atoms with E-state index in [9.17, 15) is 0 Å². The number of anilines is 1. The second kappa shape index (κ2) is 7.08. The number of ether oxygens (including phenoxy) is 1. The van der Waals surface area contributed by atoms with Crippen molar-refractivity contribution in [2.75, 3.05) is 30.5 Å². The lowest BCUT2D eigenvalue weighted by Gasteiger charge is -2.22. The van der Waals surface area contributed by atoms with E-state index in [-0.39, 0.29) is 6.10 Å². The summed E-state index contributed by atoms with van der Waals surface area (Å²) in [6.45, 7) is 5.22. The predicted molar refractivity (Wildman–Crippen MR) is 88.9 cm³/mol. The summed E-state index contributed by atoms with van der Waals surface area (Å²) in [6.07, 6.45) is 1.01. The minimum Gasteiger partial charge on any atom is -0.372 e. The molecule has 6 heteroatoms. The molecule has 0 radical (unpaired) electrons. The van der Waals surface area contributed by atoms with Gasteiger partial charge in [0.2, 0.25) is 0 Å². The third-order valence-electron chi connectivity index (χ3n) is 2.88. The number of halogens is 1. The van der Waals surface area contributed by atoms with E-state index >= 15 is 0 Å². The lowest BCUT2D eigenvalue weighted by Crippen LogP contribution is -2.20. The van der Waals surface area contributed by atoms with Crippen LogP contribution in [0.5, 0.6) is 0 Å². The van der Waals surface area contributed by atoms with Gasteiger partial charge in [0.1, 0.15) is 11.9 Å². The van der Waals surface area contributed by atoms with Crippen molar-refractivity contribution in [2.45, 2.75) is 26.4 Å². The Morgan fingerprint density at radius 3 is 2.84 bits per heavy atom. The molecule has 1 aliphatic rings. The third-order valence-corrected chi connectivity index (χ3v) is 5.01. The predicted octanol–water partition coefficient (Wildman–Crippen LogP) is 3.13. The molecule has 1 N–H and O–H groups in total. The Bertz CT molecular complexity index is 436. The van der Waals surface area contributed by atoms with Crippen LogP contribution in [-0.4, -0.2) is 35.1 Å². The van der Waals surface area contributed by atoms with Crippen molar-refractivity contribution in [3.05, 3.63) is 15.1 Å². The van der Waals surface area contributed by atoms with Gasteiger partial charge in [-0.2, -0.15) is 11.8 Å². The van der Waals surface area contributed by atoms with E-state index in [0.29, 0.717) is 5.92 Å². The quantitative estimate of drug-likeness (QED) is 0.797. The summed E-state index contributed by atoms with van der Waals surface area (Å²) in [6, 6.07) is 0. The van der Waals surface area contributed by atoms with E-state index in [0.717, 1.165) is 45.4 Å². The molecule has 1 aliphatic heterocycles. The highest BCUT2D eigenvalue weighted by atomic mass is 127. The Balaban J connectivity index is 2.32. The summed E-state index contributed by atoms with van der Waals surface area (Å²) in [4.78, 5) is 9.36. The summed E-state index contributed by atoms with van der Waals surface area (Å²) >= 11 is 4.24. The van der Waals surface area contributed by atoms with Crippen molar-refractivity contribution in [1.29, 1.82) is 0 Å². The van der Waals surface area contributed by atoms with Crippen LogP contribution in [0.3, 0.4) is 0 Å². The molecule has 1 saturated heterocycles. The van der Waals surface area contributed by atoms with Crippen LogP contribution in [0, 0.1) is 9.49 Å². The van der Waals surface area contributed by atoms with Crippen molar-refractivity contribution in [2.24, 2.45) is 5.92 Å². The van der Waals surface area contributed by atoms with Gasteiger partial charge in [-0.15, -0.1) is 0 Å². The van der Waals surface area contributed by atoms with Crippen molar-refractivity contribution in [3.63, 3.8) is 0 Å². The van der Waals surface area contributed by atoms with Gasteiger partial charge in [-0.05, 0) is 34.9 Å². The van der Waals surface area contributed by atoms with Gasteiger partial charge in [-0.25, -0.2) is 9.97 Å². The molecule has 0 aliphatic carbocycles. The van der Waals surface area contributed by atoms with Crippen LogP contribution in [0.2, 0.25) is 0 Å². The topological polar surface area (TPSA) is 47.0 Å². The zero-order chi connectivity index (χ0) is 13.8. The maximum Gasteiger partial charge on any atom is 0.160 e. The first-order chi connectivity index (χ1) is 9.11. The number of nitrogens with zero attached hydrogens (tertiary/aromatic N) is 2. The molecule has 4 nitrogen and oxygen atoms in total. The highest BCUT2D eigenvalue weighted by Gasteiger charge is 2.22. The van der Waals surface area contributed by atoms with Gasteiger partial charge in [0, 0.05) is 18.6 Å². The molecule has 0 amide bonds. The first-order valence-electron chi connectivity index (χ1n) is 6.55. The molecular formula is C13H20IN3OS. The third kappa shape index (κ3) is 3.95. The van der Waals surface area contributed by atoms with Crippen molar-refractivity contribution < 1.29 is 4.74 Å². The molecule has 0 spiro atoms. The number of thioether (sulfide) groups is 1. The first kappa shape index (κ1) is 15.3. The molecule has 0 bridgehead atoms. The second-order valence-electron chi connectivity index (χ2n) is 4.97. The highest BCUT2D eigenvalue weighted by molar-refractivity contribution is 14.1. The molecule has 2 rings (SSSR count). The summed E-state index contributed by atoms with van der Waals surface area (Å²) in [5.41, 5.74) is 1.13. The molecule has 0 aromatic carbocycles. The van der Waals surface area contributed by atoms with Gasteiger partial charge in [0.15, 0.2) is 5.82 Å². The van der Waals surface area contributed by atoms with Gasteiger partial charge in [-0.3, -0.25) is 0 Å². The fourth-order valence-corrected chi connectivity index (χ4v) is 3.55. The minimum absolute atomic E-state index is 0.0359. The smallest absolute Gasteiger partial charge is 0.160 e. The minimum atomic E-state index is 0.0359. The summed E-state index contributed by atoms with van der Waals surface area (Å²) < 4.78 is 6.91. The standard InChI is InChI=1S/C13H20IN3OS/c1-8(2)6-9-11(14)13(15-3)17-12(16-9)10-7-19-5-4-18-10/h8,10H,4-7H2,1-3H3,(H,15,16,17). The van der Waals surface area contributed by atoms with E-state index in [4.69, 9.17) is 9.72 Å². The summed E-state index contributed by atoms with van der Waals surface area (Å²) in [5.74, 6) is 4.35. The van der Waals surface area contributed by atoms with Crippen LogP contribution in [-0.2, 0) is 11.2 Å². The van der Waals surface area contributed by atoms with Crippen molar-refractivity contribution in [1.82, 2.24) is 9.97 Å². The summed E-state index contributed by atoms with van der Waals surface area (Å²) in [5, 5.41) is 3.17. The van der Waals surface area contributed by atoms with E-state index in [1.807, 2.05) is 18.8 Å². The van der Waals surface area contributed by atoms with E-state index < -0.39 is 0 Å². The molecule has 1 atom stereocenters. The molecule has 106 valence electrons.